The molecule has 0 aromatic carbocycles. The van der Waals surface area contributed by atoms with Crippen molar-refractivity contribution in [3.8, 4) is 0 Å². The molecule has 1 saturated heterocycles. The van der Waals surface area contributed by atoms with Gasteiger partial charge in [0.2, 0.25) is 5.91 Å². The van der Waals surface area contributed by atoms with Gasteiger partial charge in [-0.1, -0.05) is 0 Å². The number of amides is 1. The van der Waals surface area contributed by atoms with E-state index in [2.05, 4.69) is 23.4 Å². The number of nitrogens with one attached hydrogen (secondary N) is 1. The lowest BCUT2D eigenvalue weighted by Crippen LogP contribution is -2.53. The zero-order chi connectivity index (χ0) is 12.4. The molecule has 0 spiro atoms. The highest BCUT2D eigenvalue weighted by Crippen LogP contribution is 2.10. The Morgan fingerprint density at radius 3 is 3.06 bits per heavy atom. The van der Waals surface area contributed by atoms with E-state index in [1.54, 1.807) is 0 Å². The summed E-state index contributed by atoms with van der Waals surface area (Å²) in [5.41, 5.74) is 2.13. The highest BCUT2D eigenvalue weighted by Gasteiger charge is 2.25. The number of nitrogens with zero attached hydrogens (tertiary/aromatic N) is 3. The molecule has 5 heteroatoms. The minimum atomic E-state index is -0.0668. The van der Waals surface area contributed by atoms with E-state index in [4.69, 9.17) is 0 Å². The van der Waals surface area contributed by atoms with Gasteiger partial charge in [0, 0.05) is 19.6 Å². The van der Waals surface area contributed by atoms with Crippen LogP contribution >= 0.6 is 0 Å². The van der Waals surface area contributed by atoms with Gasteiger partial charge in [0.25, 0.3) is 0 Å². The molecule has 1 aromatic heterocycles. The summed E-state index contributed by atoms with van der Waals surface area (Å²) >= 11 is 0. The van der Waals surface area contributed by atoms with Crippen molar-refractivity contribution in [1.29, 1.82) is 0 Å². The van der Waals surface area contributed by atoms with E-state index < -0.39 is 0 Å². The lowest BCUT2D eigenvalue weighted by molar-refractivity contribution is -0.135. The van der Waals surface area contributed by atoms with E-state index in [0.29, 0.717) is 6.54 Å². The molecule has 1 atom stereocenters. The normalized spacial score (nSPS) is 21.0. The second-order valence-corrected chi connectivity index (χ2v) is 4.53. The van der Waals surface area contributed by atoms with E-state index >= 15 is 0 Å². The zero-order valence-electron chi connectivity index (χ0n) is 10.7. The van der Waals surface area contributed by atoms with E-state index in [1.165, 1.54) is 0 Å². The van der Waals surface area contributed by atoms with Crippen molar-refractivity contribution >= 4 is 5.91 Å². The van der Waals surface area contributed by atoms with Crippen LogP contribution in [0.15, 0.2) is 6.07 Å². The van der Waals surface area contributed by atoms with Crippen LogP contribution in [0.4, 0.5) is 0 Å². The Morgan fingerprint density at radius 2 is 2.35 bits per heavy atom. The molecule has 0 saturated carbocycles. The van der Waals surface area contributed by atoms with Gasteiger partial charge in [0.05, 0.1) is 24.0 Å². The van der Waals surface area contributed by atoms with E-state index in [1.807, 2.05) is 23.4 Å². The van der Waals surface area contributed by atoms with Gasteiger partial charge in [-0.15, -0.1) is 0 Å². The molecule has 1 N–H and O–H groups in total. The molecular weight excluding hydrogens is 216 g/mol. The number of carbonyl (C=O) groups is 1. The summed E-state index contributed by atoms with van der Waals surface area (Å²) in [7, 11) is 0. The third-order valence-electron chi connectivity index (χ3n) is 3.15. The van der Waals surface area contributed by atoms with Crippen molar-refractivity contribution in [3.05, 3.63) is 17.5 Å². The average Bonchev–Trinajstić information content (AvgIpc) is 2.65. The molecule has 1 unspecified atom stereocenters. The molecule has 1 fully saturated rings. The zero-order valence-corrected chi connectivity index (χ0v) is 10.7. The fourth-order valence-corrected chi connectivity index (χ4v) is 2.24. The van der Waals surface area contributed by atoms with Crippen molar-refractivity contribution in [2.24, 2.45) is 0 Å². The first-order chi connectivity index (χ1) is 8.11. The van der Waals surface area contributed by atoms with Crippen LogP contribution in [0.3, 0.4) is 0 Å². The number of aromatic nitrogens is 2. The summed E-state index contributed by atoms with van der Waals surface area (Å²) in [6.07, 6.45) is 0. The van der Waals surface area contributed by atoms with E-state index in [-0.39, 0.29) is 11.9 Å². The summed E-state index contributed by atoms with van der Waals surface area (Å²) < 4.78 is 1.97. The summed E-state index contributed by atoms with van der Waals surface area (Å²) in [5, 5.41) is 7.57. The van der Waals surface area contributed by atoms with Crippen LogP contribution in [0, 0.1) is 6.92 Å². The van der Waals surface area contributed by atoms with Gasteiger partial charge in [-0.25, -0.2) is 0 Å². The molecule has 1 aromatic rings. The minimum Gasteiger partial charge on any atom is -0.334 e. The molecule has 17 heavy (non-hydrogen) atoms. The minimum absolute atomic E-state index is 0.0668. The second-order valence-electron chi connectivity index (χ2n) is 4.53. The summed E-state index contributed by atoms with van der Waals surface area (Å²) in [5.74, 6) is 0.178. The summed E-state index contributed by atoms with van der Waals surface area (Å²) in [4.78, 5) is 13.9. The lowest BCUT2D eigenvalue weighted by Gasteiger charge is -2.31. The van der Waals surface area contributed by atoms with Gasteiger partial charge in [-0.3, -0.25) is 9.48 Å². The van der Waals surface area contributed by atoms with Crippen LogP contribution in [-0.2, 0) is 17.9 Å². The fraction of sp³-hybridized carbons (Fsp3) is 0.667. The molecule has 1 aliphatic rings. The second kappa shape index (κ2) is 4.87. The highest BCUT2D eigenvalue weighted by atomic mass is 16.2. The first-order valence-electron chi connectivity index (χ1n) is 6.17. The maximum Gasteiger partial charge on any atom is 0.239 e. The maximum atomic E-state index is 12.0. The number of piperazine rings is 1. The van der Waals surface area contributed by atoms with E-state index in [0.717, 1.165) is 31.0 Å². The number of aryl methyl sites for hydroxylation is 2. The van der Waals surface area contributed by atoms with Crippen molar-refractivity contribution < 1.29 is 4.79 Å². The Balaban J connectivity index is 2.11. The molecule has 0 aliphatic carbocycles. The Kier molecular flexibility index (Phi) is 3.47. The lowest BCUT2D eigenvalue weighted by atomic mass is 10.2. The molecule has 0 bridgehead atoms. The van der Waals surface area contributed by atoms with Gasteiger partial charge in [0.1, 0.15) is 0 Å². The van der Waals surface area contributed by atoms with Crippen molar-refractivity contribution in [2.75, 3.05) is 13.1 Å². The topological polar surface area (TPSA) is 50.2 Å². The Morgan fingerprint density at radius 1 is 1.59 bits per heavy atom. The largest absolute Gasteiger partial charge is 0.334 e. The number of hydrogen-bond donors (Lipinski definition) is 1. The van der Waals surface area contributed by atoms with Gasteiger partial charge in [-0.2, -0.15) is 5.10 Å². The highest BCUT2D eigenvalue weighted by molar-refractivity contribution is 5.82. The SMILES string of the molecule is CCn1nc(C)cc1CN1CCNC(C)C1=O. The van der Waals surface area contributed by atoms with Crippen molar-refractivity contribution in [1.82, 2.24) is 20.0 Å². The van der Waals surface area contributed by atoms with Gasteiger partial charge < -0.3 is 10.2 Å². The smallest absolute Gasteiger partial charge is 0.239 e. The Bertz CT molecular complexity index is 413. The van der Waals surface area contributed by atoms with Crippen LogP contribution in [0.2, 0.25) is 0 Å². The molecular formula is C12H20N4O. The van der Waals surface area contributed by atoms with Gasteiger partial charge in [-0.05, 0) is 26.8 Å². The van der Waals surface area contributed by atoms with Gasteiger partial charge >= 0.3 is 0 Å². The third kappa shape index (κ3) is 2.49. The van der Waals surface area contributed by atoms with Crippen molar-refractivity contribution in [3.63, 3.8) is 0 Å². The first kappa shape index (κ1) is 12.1. The molecule has 1 aliphatic heterocycles. The molecule has 0 radical (unpaired) electrons. The maximum absolute atomic E-state index is 12.0. The number of hydrogen-bond acceptors (Lipinski definition) is 3. The van der Waals surface area contributed by atoms with Crippen LogP contribution in [0.5, 0.6) is 0 Å². The van der Waals surface area contributed by atoms with Crippen LogP contribution in [0.1, 0.15) is 25.2 Å². The molecule has 2 rings (SSSR count). The number of carbonyl (C=O) groups excluding carboxylic acids is 1. The standard InChI is InChI=1S/C12H20N4O/c1-4-16-11(7-9(2)14-16)8-15-6-5-13-10(3)12(15)17/h7,10,13H,4-6,8H2,1-3H3. The quantitative estimate of drug-likeness (QED) is 0.833. The number of rotatable bonds is 3. The summed E-state index contributed by atoms with van der Waals surface area (Å²) in [6.45, 7) is 9.12. The predicted octanol–water partition coefficient (Wildman–Crippen LogP) is 0.532. The fourth-order valence-electron chi connectivity index (χ4n) is 2.24. The third-order valence-corrected chi connectivity index (χ3v) is 3.15. The monoisotopic (exact) mass is 236 g/mol. The predicted molar refractivity (Wildman–Crippen MR) is 65.5 cm³/mol. The van der Waals surface area contributed by atoms with E-state index in [9.17, 15) is 4.79 Å². The molecule has 1 amide bonds. The molecule has 94 valence electrons. The Labute approximate surface area is 102 Å². The molecule has 5 nitrogen and oxygen atoms in total. The first-order valence-corrected chi connectivity index (χ1v) is 6.17. The summed E-state index contributed by atoms with van der Waals surface area (Å²) in [6, 6.07) is 1.99. The average molecular weight is 236 g/mol. The Hall–Kier alpha value is -1.36. The van der Waals surface area contributed by atoms with Crippen molar-refractivity contribution in [2.45, 2.75) is 39.9 Å². The van der Waals surface area contributed by atoms with Crippen LogP contribution < -0.4 is 5.32 Å². The van der Waals surface area contributed by atoms with Gasteiger partial charge in [0.15, 0.2) is 0 Å². The van der Waals surface area contributed by atoms with Crippen LogP contribution in [0.25, 0.3) is 0 Å². The molecule has 2 heterocycles. The van der Waals surface area contributed by atoms with Crippen LogP contribution in [-0.4, -0.2) is 39.7 Å².